The van der Waals surface area contributed by atoms with Gasteiger partial charge in [0.25, 0.3) is 5.56 Å². The van der Waals surface area contributed by atoms with Crippen molar-refractivity contribution in [2.45, 2.75) is 24.1 Å². The number of alkyl halides is 1. The highest BCUT2D eigenvalue weighted by Gasteiger charge is 2.57. The first-order valence-electron chi connectivity index (χ1n) is 8.11. The lowest BCUT2D eigenvalue weighted by molar-refractivity contribution is -0.120. The Morgan fingerprint density at radius 3 is 2.42 bits per heavy atom. The standard InChI is InChI=1S/C10H15FN5O14P3/c11-6-7(18)10(3-13-15-12,28-8(6)16-2-1-5(17)14-9(16)19)4-27-32(23,24)30-33(25,26)29-31(20,21)22/h1-2,6-8,18H,3-4H2,(H,23,24)(H,25,26)(H,14,17,19)(H2,20,21,22)/t6-,7-,8+,10+/m0/s1. The van der Waals surface area contributed by atoms with Crippen molar-refractivity contribution < 1.29 is 60.6 Å². The molecule has 0 aliphatic carbocycles. The highest BCUT2D eigenvalue weighted by atomic mass is 31.3. The van der Waals surface area contributed by atoms with E-state index in [1.807, 2.05) is 0 Å². The third kappa shape index (κ3) is 7.11. The predicted octanol–water partition coefficient (Wildman–Crippen LogP) is -0.843. The molecule has 6 atom stereocenters. The van der Waals surface area contributed by atoms with Gasteiger partial charge in [-0.25, -0.2) is 22.9 Å². The highest BCUT2D eigenvalue weighted by Crippen LogP contribution is 2.66. The van der Waals surface area contributed by atoms with Crippen molar-refractivity contribution in [3.8, 4) is 0 Å². The second-order valence-corrected chi connectivity index (χ2v) is 10.7. The van der Waals surface area contributed by atoms with Crippen LogP contribution < -0.4 is 11.2 Å². The van der Waals surface area contributed by atoms with Crippen LogP contribution in [0.5, 0.6) is 0 Å². The van der Waals surface area contributed by atoms with E-state index in [0.29, 0.717) is 4.57 Å². The van der Waals surface area contributed by atoms with Gasteiger partial charge in [-0.3, -0.25) is 18.9 Å². The van der Waals surface area contributed by atoms with Crippen molar-refractivity contribution in [3.05, 3.63) is 43.5 Å². The molecular formula is C10H15FN5O14P3. The number of nitrogens with one attached hydrogen (secondary N) is 1. The quantitative estimate of drug-likeness (QED) is 0.0911. The van der Waals surface area contributed by atoms with E-state index in [-0.39, 0.29) is 0 Å². The lowest BCUT2D eigenvalue weighted by Gasteiger charge is -2.30. The number of hydrogen-bond donors (Lipinski definition) is 6. The van der Waals surface area contributed by atoms with Gasteiger partial charge >= 0.3 is 29.2 Å². The van der Waals surface area contributed by atoms with E-state index < -0.39 is 72.0 Å². The Morgan fingerprint density at radius 1 is 1.24 bits per heavy atom. The van der Waals surface area contributed by atoms with Crippen LogP contribution in [0.4, 0.5) is 4.39 Å². The molecule has 1 fully saturated rings. The van der Waals surface area contributed by atoms with E-state index in [2.05, 4.69) is 23.2 Å². The monoisotopic (exact) mass is 541 g/mol. The molecule has 1 aromatic rings. The average molecular weight is 541 g/mol. The predicted molar refractivity (Wildman–Crippen MR) is 98.9 cm³/mol. The van der Waals surface area contributed by atoms with E-state index in [9.17, 15) is 37.7 Å². The van der Waals surface area contributed by atoms with Crippen LogP contribution in [0.2, 0.25) is 0 Å². The Bertz CT molecular complexity index is 1190. The molecule has 0 bridgehead atoms. The third-order valence-electron chi connectivity index (χ3n) is 3.88. The van der Waals surface area contributed by atoms with E-state index in [1.165, 1.54) is 0 Å². The van der Waals surface area contributed by atoms with Crippen molar-refractivity contribution in [2.75, 3.05) is 13.2 Å². The molecule has 0 radical (unpaired) electrons. The molecular weight excluding hydrogens is 526 g/mol. The van der Waals surface area contributed by atoms with Crippen LogP contribution in [0.1, 0.15) is 6.23 Å². The zero-order valence-corrected chi connectivity index (χ0v) is 18.4. The summed E-state index contributed by atoms with van der Waals surface area (Å²) in [6, 6.07) is 0.809. The van der Waals surface area contributed by atoms with Crippen molar-refractivity contribution in [1.29, 1.82) is 0 Å². The molecule has 2 rings (SSSR count). The summed E-state index contributed by atoms with van der Waals surface area (Å²) in [6.45, 7) is -2.36. The lowest BCUT2D eigenvalue weighted by atomic mass is 9.97. The molecule has 0 saturated carbocycles. The number of ether oxygens (including phenoxy) is 1. The van der Waals surface area contributed by atoms with Crippen molar-refractivity contribution in [2.24, 2.45) is 5.11 Å². The first-order chi connectivity index (χ1) is 15.0. The Balaban J connectivity index is 2.31. The van der Waals surface area contributed by atoms with Crippen molar-refractivity contribution in [1.82, 2.24) is 9.55 Å². The zero-order valence-electron chi connectivity index (χ0n) is 15.7. The molecule has 0 aromatic carbocycles. The summed E-state index contributed by atoms with van der Waals surface area (Å²) in [5, 5.41) is 13.4. The lowest BCUT2D eigenvalue weighted by Crippen LogP contribution is -2.48. The van der Waals surface area contributed by atoms with Gasteiger partial charge in [-0.15, -0.1) is 0 Å². The highest BCUT2D eigenvalue weighted by molar-refractivity contribution is 7.66. The van der Waals surface area contributed by atoms with E-state index in [0.717, 1.165) is 12.3 Å². The van der Waals surface area contributed by atoms with Crippen LogP contribution in [-0.2, 0) is 31.6 Å². The Labute approximate surface area is 180 Å². The number of H-pyrrole nitrogens is 1. The minimum absolute atomic E-state index is 0.498. The first-order valence-corrected chi connectivity index (χ1v) is 12.6. The third-order valence-corrected chi connectivity index (χ3v) is 7.67. The average Bonchev–Trinajstić information content (AvgIpc) is 2.88. The molecule has 2 heterocycles. The molecule has 0 spiro atoms. The minimum atomic E-state index is -5.88. The van der Waals surface area contributed by atoms with Gasteiger partial charge in [0.05, 0.1) is 13.2 Å². The van der Waals surface area contributed by atoms with Gasteiger partial charge in [0, 0.05) is 17.2 Å². The first kappa shape index (κ1) is 27.5. The number of aliphatic hydroxyl groups excluding tert-OH is 1. The van der Waals surface area contributed by atoms with Crippen LogP contribution in [0.15, 0.2) is 27.0 Å². The van der Waals surface area contributed by atoms with Gasteiger partial charge in [0.15, 0.2) is 12.4 Å². The molecule has 19 nitrogen and oxygen atoms in total. The number of nitrogens with zero attached hydrogens (tertiary/aromatic N) is 4. The molecule has 1 aromatic heterocycles. The summed E-state index contributed by atoms with van der Waals surface area (Å²) < 4.78 is 65.9. The fourth-order valence-electron chi connectivity index (χ4n) is 2.60. The normalized spacial score (nSPS) is 29.1. The van der Waals surface area contributed by atoms with Gasteiger partial charge in [-0.1, -0.05) is 5.11 Å². The molecule has 186 valence electrons. The van der Waals surface area contributed by atoms with E-state index in [1.54, 1.807) is 4.98 Å². The van der Waals surface area contributed by atoms with Crippen LogP contribution >= 0.6 is 23.5 Å². The minimum Gasteiger partial charge on any atom is -0.387 e. The maximum atomic E-state index is 14.8. The molecule has 6 N–H and O–H groups in total. The number of phosphoric acid groups is 3. The number of hydrogen-bond acceptors (Lipinski definition) is 11. The van der Waals surface area contributed by atoms with E-state index in [4.69, 9.17) is 24.9 Å². The van der Waals surface area contributed by atoms with Crippen molar-refractivity contribution in [3.63, 3.8) is 0 Å². The summed E-state index contributed by atoms with van der Waals surface area (Å²) in [4.78, 5) is 63.0. The number of aliphatic hydroxyl groups is 1. The van der Waals surface area contributed by atoms with Gasteiger partial charge in [0.1, 0.15) is 11.7 Å². The molecule has 1 aliphatic heterocycles. The SMILES string of the molecule is [N-]=[N+]=NC[C@]1(COP(=O)(O)OP(=O)(O)OP(=O)(O)O)O[C@@H](n2ccc(=O)[nH]c2=O)[C@@H](F)[C@@H]1O. The Morgan fingerprint density at radius 2 is 1.88 bits per heavy atom. The van der Waals surface area contributed by atoms with Gasteiger partial charge < -0.3 is 29.4 Å². The number of halogens is 1. The van der Waals surface area contributed by atoms with Crippen molar-refractivity contribution >= 4 is 23.5 Å². The largest absolute Gasteiger partial charge is 0.490 e. The Hall–Kier alpha value is -1.75. The van der Waals surface area contributed by atoms with Crippen LogP contribution in [0, 0.1) is 0 Å². The summed E-state index contributed by atoms with van der Waals surface area (Å²) in [7, 11) is -17.3. The smallest absolute Gasteiger partial charge is 0.387 e. The molecule has 23 heteroatoms. The zero-order chi connectivity index (χ0) is 25.2. The Kier molecular flexibility index (Phi) is 8.21. The summed E-state index contributed by atoms with van der Waals surface area (Å²) >= 11 is 0. The van der Waals surface area contributed by atoms with Crippen LogP contribution in [-0.4, -0.2) is 65.3 Å². The second kappa shape index (κ2) is 9.85. The van der Waals surface area contributed by atoms with Gasteiger partial charge in [-0.05, 0) is 5.53 Å². The number of azide groups is 1. The fourth-order valence-corrected chi connectivity index (χ4v) is 5.68. The molecule has 2 unspecified atom stereocenters. The fraction of sp³-hybridized carbons (Fsp3) is 0.600. The molecule has 1 saturated heterocycles. The maximum Gasteiger partial charge on any atom is 0.490 e. The number of phosphoric ester groups is 1. The summed E-state index contributed by atoms with van der Waals surface area (Å²) in [5.74, 6) is 0. The number of rotatable bonds is 10. The maximum absolute atomic E-state index is 14.8. The second-order valence-electron chi connectivity index (χ2n) is 6.23. The van der Waals surface area contributed by atoms with Gasteiger partial charge in [0.2, 0.25) is 0 Å². The number of aromatic nitrogens is 2. The number of aromatic amines is 1. The molecule has 33 heavy (non-hydrogen) atoms. The summed E-state index contributed by atoms with van der Waals surface area (Å²) in [5.41, 5.74) is 4.03. The van der Waals surface area contributed by atoms with E-state index >= 15 is 0 Å². The molecule has 1 aliphatic rings. The summed E-state index contributed by atoms with van der Waals surface area (Å²) in [6.07, 6.45) is -5.94. The van der Waals surface area contributed by atoms with Crippen LogP contribution in [0.25, 0.3) is 10.4 Å². The topological polar surface area (TPSA) is 293 Å². The molecule has 0 amide bonds. The van der Waals surface area contributed by atoms with Gasteiger partial charge in [-0.2, -0.15) is 8.62 Å². The van der Waals surface area contributed by atoms with Crippen LogP contribution in [0.3, 0.4) is 0 Å².